The molecule has 6 heteroatoms. The summed E-state index contributed by atoms with van der Waals surface area (Å²) in [5, 5.41) is 0. The molecule has 40 valence electrons. The van der Waals surface area contributed by atoms with Gasteiger partial charge in [-0.3, -0.25) is 0 Å². The predicted molar refractivity (Wildman–Crippen MR) is 13.0 cm³/mol. The second-order valence-corrected chi connectivity index (χ2v) is 0. The molecule has 0 amide bonds. The van der Waals surface area contributed by atoms with Crippen molar-refractivity contribution in [2.75, 3.05) is 0 Å². The molecule has 0 aromatic heterocycles. The molecule has 0 radical (unpaired) electrons. The van der Waals surface area contributed by atoms with E-state index in [-0.39, 0.29) is 65.5 Å². The normalized spacial score (nSPS) is 0. The summed E-state index contributed by atoms with van der Waals surface area (Å²) in [6.07, 6.45) is 0. The second kappa shape index (κ2) is 102. The molecule has 6 heavy (non-hydrogen) atoms. The summed E-state index contributed by atoms with van der Waals surface area (Å²) in [7, 11) is 0. The van der Waals surface area contributed by atoms with Crippen LogP contribution in [-0.4, -0.2) is 28.3 Å². The van der Waals surface area contributed by atoms with Crippen LogP contribution in [0.2, 0.25) is 0 Å². The number of hydrogen-bond acceptors (Lipinski definition) is 0. The van der Waals surface area contributed by atoms with Gasteiger partial charge in [0.1, 0.15) is 0 Å². The Morgan fingerprint density at radius 1 is 0.500 bits per heavy atom. The molecule has 0 spiro atoms. The maximum atomic E-state index is 0. The summed E-state index contributed by atoms with van der Waals surface area (Å²) in [4.78, 5) is 0. The summed E-state index contributed by atoms with van der Waals surface area (Å²) < 4.78 is 0. The maximum Gasteiger partial charge on any atom is 3.00 e. The first kappa shape index (κ1) is 167. The fraction of sp³-hybridized carbons (Fsp3) is 0. The zero-order valence-corrected chi connectivity index (χ0v) is 6.13. The molecule has 0 unspecified atom stereocenters. The Bertz CT molecular complexity index is 8.75. The van der Waals surface area contributed by atoms with Gasteiger partial charge in [-0.15, -0.1) is 0 Å². The molecule has 4 N–H and O–H groups in total. The average Bonchev–Trinajstić information content (AvgIpc) is 0. The van der Waals surface area contributed by atoms with Gasteiger partial charge in [0, 0.05) is 0 Å². The van der Waals surface area contributed by atoms with E-state index in [0.29, 0.717) is 0 Å². The minimum atomic E-state index is 0. The molecule has 0 aliphatic rings. The Hall–Kier alpha value is 1.32. The molecule has 0 aliphatic heterocycles. The van der Waals surface area contributed by atoms with Gasteiger partial charge in [-0.25, -0.2) is 0 Å². The van der Waals surface area contributed by atoms with Crippen molar-refractivity contribution in [3.63, 3.8) is 0 Å². The molecule has 0 saturated heterocycles. The second-order valence-electron chi connectivity index (χ2n) is 0. The first-order chi connectivity index (χ1) is 0. The predicted octanol–water partition coefficient (Wildman–Crippen LogP) is -11.0. The van der Waals surface area contributed by atoms with Crippen LogP contribution in [0.1, 0.15) is 0 Å². The van der Waals surface area contributed by atoms with E-state index < -0.39 is 0 Å². The van der Waals surface area contributed by atoms with Crippen LogP contribution >= 0.6 is 0 Å². The molecule has 0 fully saturated rings. The summed E-state index contributed by atoms with van der Waals surface area (Å²) in [6, 6.07) is 0. The average molecular weight is 169 g/mol. The van der Waals surface area contributed by atoms with Crippen LogP contribution in [0.5, 0.6) is 0 Å². The van der Waals surface area contributed by atoms with E-state index in [1.165, 1.54) is 0 Å². The van der Waals surface area contributed by atoms with Crippen LogP contribution in [0.15, 0.2) is 0 Å². The Labute approximate surface area is 65.7 Å². The summed E-state index contributed by atoms with van der Waals surface area (Å²) in [5.74, 6) is 0. The molecule has 0 saturated carbocycles. The third-order valence-electron chi connectivity index (χ3n) is 0. The van der Waals surface area contributed by atoms with Gasteiger partial charge in [-0.1, -0.05) is 0 Å². The van der Waals surface area contributed by atoms with Gasteiger partial charge >= 0.3 is 17.4 Å². The van der Waals surface area contributed by atoms with Gasteiger partial charge in [-0.05, 0) is 0 Å². The molecule has 2 nitrogen and oxygen atoms in total. The summed E-state index contributed by atoms with van der Waals surface area (Å²) >= 11 is 0. The van der Waals surface area contributed by atoms with Crippen molar-refractivity contribution in [2.45, 2.75) is 0 Å². The fourth-order valence-corrected chi connectivity index (χ4v) is 0. The van der Waals surface area contributed by atoms with Gasteiger partial charge in [0.25, 0.3) is 0 Å². The monoisotopic (exact) mass is 168 g/mol. The zero-order valence-electron chi connectivity index (χ0n) is 2.71. The van der Waals surface area contributed by atoms with Gasteiger partial charge in [0.05, 0.1) is 0 Å². The molecule has 0 aromatic rings. The number of hydrogen-bond donors (Lipinski definition) is 0. The Balaban J connectivity index is 0. The van der Waals surface area contributed by atoms with Crippen LogP contribution in [0, 0.1) is 0 Å². The molecular formula is H4AlCl3O2. The standard InChI is InChI=1S/Al.3ClH.2H2O/h;3*1H;2*1H2/q+3;;;;;/p-3. The SMILES string of the molecule is O.O.[Al+3].[Cl-].[Cl-].[Cl-]. The van der Waals surface area contributed by atoms with Crippen LogP contribution in [0.4, 0.5) is 0 Å². The molecule has 0 aromatic carbocycles. The number of rotatable bonds is 0. The van der Waals surface area contributed by atoms with Crippen molar-refractivity contribution in [2.24, 2.45) is 0 Å². The summed E-state index contributed by atoms with van der Waals surface area (Å²) in [6.45, 7) is 0. The van der Waals surface area contributed by atoms with Crippen molar-refractivity contribution in [1.29, 1.82) is 0 Å². The first-order valence-electron chi connectivity index (χ1n) is 0. The van der Waals surface area contributed by atoms with E-state index >= 15 is 0 Å². The van der Waals surface area contributed by atoms with E-state index in [1.54, 1.807) is 0 Å². The molecule has 0 atom stereocenters. The van der Waals surface area contributed by atoms with Crippen molar-refractivity contribution in [3.8, 4) is 0 Å². The Kier molecular flexibility index (Phi) is 2860. The topological polar surface area (TPSA) is 63.0 Å². The molecule has 0 rings (SSSR count). The van der Waals surface area contributed by atoms with E-state index in [4.69, 9.17) is 0 Å². The van der Waals surface area contributed by atoms with Crippen molar-refractivity contribution in [3.05, 3.63) is 0 Å². The van der Waals surface area contributed by atoms with Gasteiger partial charge < -0.3 is 48.2 Å². The largest absolute Gasteiger partial charge is 3.00 e. The quantitative estimate of drug-likeness (QED) is 0.323. The van der Waals surface area contributed by atoms with E-state index in [1.807, 2.05) is 0 Å². The Morgan fingerprint density at radius 3 is 0.500 bits per heavy atom. The minimum absolute atomic E-state index is 0. The third kappa shape index (κ3) is 56.9. The first-order valence-corrected chi connectivity index (χ1v) is 0. The van der Waals surface area contributed by atoms with E-state index in [9.17, 15) is 0 Å². The molecule has 0 bridgehead atoms. The minimum Gasteiger partial charge on any atom is -1.00 e. The Morgan fingerprint density at radius 2 is 0.500 bits per heavy atom. The smallest absolute Gasteiger partial charge is 1.00 e. The summed E-state index contributed by atoms with van der Waals surface area (Å²) in [5.41, 5.74) is 0. The van der Waals surface area contributed by atoms with Crippen LogP contribution in [0.3, 0.4) is 0 Å². The third-order valence-corrected chi connectivity index (χ3v) is 0. The van der Waals surface area contributed by atoms with Gasteiger partial charge in [-0.2, -0.15) is 0 Å². The van der Waals surface area contributed by atoms with E-state index in [0.717, 1.165) is 0 Å². The fourth-order valence-electron chi connectivity index (χ4n) is 0. The maximum absolute atomic E-state index is 0. The van der Waals surface area contributed by atoms with Crippen LogP contribution < -0.4 is 37.2 Å². The van der Waals surface area contributed by atoms with Gasteiger partial charge in [0.15, 0.2) is 0 Å². The van der Waals surface area contributed by atoms with Crippen molar-refractivity contribution >= 4 is 17.4 Å². The van der Waals surface area contributed by atoms with Crippen LogP contribution in [0.25, 0.3) is 0 Å². The van der Waals surface area contributed by atoms with Crippen molar-refractivity contribution < 1.29 is 48.2 Å². The van der Waals surface area contributed by atoms with Crippen molar-refractivity contribution in [1.82, 2.24) is 0 Å². The van der Waals surface area contributed by atoms with E-state index in [2.05, 4.69) is 0 Å². The zero-order chi connectivity index (χ0) is 0. The number of halogens is 3. The molecule has 0 aliphatic carbocycles. The molecular weight excluding hydrogens is 165 g/mol. The van der Waals surface area contributed by atoms with Crippen LogP contribution in [-0.2, 0) is 0 Å². The molecule has 0 heterocycles. The van der Waals surface area contributed by atoms with Gasteiger partial charge in [0.2, 0.25) is 0 Å².